The van der Waals surface area contributed by atoms with Gasteiger partial charge in [0.05, 0.1) is 17.3 Å². The molecule has 0 radical (unpaired) electrons. The molecule has 2 fully saturated rings. The molecule has 0 spiro atoms. The van der Waals surface area contributed by atoms with Crippen LogP contribution < -0.4 is 4.74 Å². The van der Waals surface area contributed by atoms with Crippen LogP contribution in [0.15, 0.2) is 29.3 Å². The normalized spacial score (nSPS) is 21.9. The number of rotatable bonds is 5. The van der Waals surface area contributed by atoms with Crippen molar-refractivity contribution in [3.8, 4) is 5.75 Å². The lowest BCUT2D eigenvalue weighted by molar-refractivity contribution is 0.0775. The van der Waals surface area contributed by atoms with Gasteiger partial charge in [-0.05, 0) is 66.9 Å². The lowest BCUT2D eigenvalue weighted by atomic mass is 10.0. The number of amides is 1. The van der Waals surface area contributed by atoms with Gasteiger partial charge in [0.25, 0.3) is 5.91 Å². The first-order valence-electron chi connectivity index (χ1n) is 11.6. The summed E-state index contributed by atoms with van der Waals surface area (Å²) in [5.41, 5.74) is 2.61. The van der Waals surface area contributed by atoms with E-state index in [1.807, 2.05) is 23.2 Å². The van der Waals surface area contributed by atoms with Crippen molar-refractivity contribution in [2.75, 3.05) is 52.4 Å². The van der Waals surface area contributed by atoms with Crippen LogP contribution in [0.4, 0.5) is 5.69 Å². The van der Waals surface area contributed by atoms with E-state index in [1.165, 1.54) is 0 Å². The number of aliphatic imine (C=N–C) groups is 1. The van der Waals surface area contributed by atoms with Gasteiger partial charge in [0.1, 0.15) is 12.4 Å². The third-order valence-electron chi connectivity index (χ3n) is 7.00. The van der Waals surface area contributed by atoms with Crippen molar-refractivity contribution in [3.63, 3.8) is 0 Å². The Morgan fingerprint density at radius 1 is 1.03 bits per heavy atom. The highest BCUT2D eigenvalue weighted by molar-refractivity contribution is 6.06. The molecule has 6 heteroatoms. The van der Waals surface area contributed by atoms with Gasteiger partial charge in [-0.25, -0.2) is 0 Å². The third-order valence-corrected chi connectivity index (χ3v) is 7.00. The number of piperazine rings is 1. The van der Waals surface area contributed by atoms with E-state index < -0.39 is 0 Å². The first kappa shape index (κ1) is 20.5. The van der Waals surface area contributed by atoms with Crippen molar-refractivity contribution in [3.05, 3.63) is 35.4 Å². The fourth-order valence-corrected chi connectivity index (χ4v) is 5.00. The highest BCUT2D eigenvalue weighted by Gasteiger charge is 2.31. The first-order chi connectivity index (χ1) is 15.1. The molecule has 1 amide bonds. The second-order valence-electron chi connectivity index (χ2n) is 8.94. The molecular weight excluding hydrogens is 388 g/mol. The molecule has 0 N–H and O–H groups in total. The van der Waals surface area contributed by atoms with E-state index in [1.54, 1.807) is 0 Å². The largest absolute Gasteiger partial charge is 0.492 e. The van der Waals surface area contributed by atoms with Crippen molar-refractivity contribution in [2.24, 2.45) is 4.99 Å². The summed E-state index contributed by atoms with van der Waals surface area (Å²) in [4.78, 5) is 24.7. The van der Waals surface area contributed by atoms with Crippen LogP contribution in [0, 0.1) is 6.92 Å². The van der Waals surface area contributed by atoms with Crippen LogP contribution in [0.3, 0.4) is 0 Å². The Balaban J connectivity index is 1.32. The summed E-state index contributed by atoms with van der Waals surface area (Å²) in [6.07, 6.45) is 4.01. The molecule has 2 saturated heterocycles. The minimum Gasteiger partial charge on any atom is -0.492 e. The van der Waals surface area contributed by atoms with Gasteiger partial charge in [-0.15, -0.1) is 0 Å². The number of aryl methyl sites for hydroxylation is 1. The minimum atomic E-state index is 0.103. The van der Waals surface area contributed by atoms with Crippen molar-refractivity contribution in [2.45, 2.75) is 32.7 Å². The number of likely N-dealkylation sites (N-methyl/N-ethyl adjacent to an activating group) is 1. The molecule has 6 nitrogen and oxygen atoms in total. The number of hydrogen-bond donors (Lipinski definition) is 0. The summed E-state index contributed by atoms with van der Waals surface area (Å²) >= 11 is 0. The predicted octanol–water partition coefficient (Wildman–Crippen LogP) is 3.49. The van der Waals surface area contributed by atoms with Gasteiger partial charge < -0.3 is 14.5 Å². The molecule has 164 valence electrons. The van der Waals surface area contributed by atoms with Gasteiger partial charge in [0, 0.05) is 45.5 Å². The van der Waals surface area contributed by atoms with Crippen LogP contribution in [0.5, 0.6) is 5.75 Å². The van der Waals surface area contributed by atoms with Gasteiger partial charge in [0.2, 0.25) is 0 Å². The summed E-state index contributed by atoms with van der Waals surface area (Å²) in [6, 6.07) is 8.43. The van der Waals surface area contributed by atoms with Crippen LogP contribution in [-0.2, 0) is 0 Å². The molecule has 31 heavy (non-hydrogen) atoms. The van der Waals surface area contributed by atoms with Crippen molar-refractivity contribution in [1.82, 2.24) is 14.7 Å². The van der Waals surface area contributed by atoms with E-state index in [9.17, 15) is 4.79 Å². The Bertz CT molecular complexity index is 1010. The number of benzene rings is 2. The number of nitrogens with zero attached hydrogens (tertiary/aromatic N) is 4. The zero-order chi connectivity index (χ0) is 21.4. The van der Waals surface area contributed by atoms with Gasteiger partial charge >= 0.3 is 0 Å². The molecule has 3 aliphatic rings. The van der Waals surface area contributed by atoms with Crippen LogP contribution in [-0.4, -0.2) is 85.3 Å². The Labute approximate surface area is 184 Å². The number of carbonyl (C=O) groups is 1. The molecular formula is C25H32N4O2. The van der Waals surface area contributed by atoms with E-state index in [4.69, 9.17) is 4.74 Å². The maximum atomic E-state index is 13.1. The van der Waals surface area contributed by atoms with Gasteiger partial charge in [-0.3, -0.25) is 14.7 Å². The second kappa shape index (κ2) is 8.60. The molecule has 3 aliphatic heterocycles. The smallest absolute Gasteiger partial charge is 0.256 e. The SMILES string of the molecule is CCN1CCN(CCOc2cc3cc4c(cc3cc2C)N=C[C@@H]2CCCN2C4=O)CC1. The summed E-state index contributed by atoms with van der Waals surface area (Å²) < 4.78 is 6.19. The molecule has 0 aliphatic carbocycles. The lowest BCUT2D eigenvalue weighted by Gasteiger charge is -2.33. The van der Waals surface area contributed by atoms with Crippen LogP contribution in [0.1, 0.15) is 35.7 Å². The molecule has 2 aromatic carbocycles. The summed E-state index contributed by atoms with van der Waals surface area (Å²) in [6.45, 7) is 12.4. The van der Waals surface area contributed by atoms with Crippen LogP contribution in [0.2, 0.25) is 0 Å². The minimum absolute atomic E-state index is 0.103. The highest BCUT2D eigenvalue weighted by atomic mass is 16.5. The van der Waals surface area contributed by atoms with Gasteiger partial charge in [-0.2, -0.15) is 0 Å². The molecule has 0 unspecified atom stereocenters. The fourth-order valence-electron chi connectivity index (χ4n) is 5.00. The van der Waals surface area contributed by atoms with E-state index in [0.29, 0.717) is 12.2 Å². The molecule has 3 heterocycles. The quantitative estimate of drug-likeness (QED) is 0.743. The summed E-state index contributed by atoms with van der Waals surface area (Å²) in [5, 5.41) is 2.14. The Morgan fingerprint density at radius 3 is 2.61 bits per heavy atom. The van der Waals surface area contributed by atoms with E-state index in [0.717, 1.165) is 86.4 Å². The van der Waals surface area contributed by atoms with E-state index >= 15 is 0 Å². The Kier molecular flexibility index (Phi) is 5.67. The molecule has 0 aromatic heterocycles. The maximum absolute atomic E-state index is 13.1. The third kappa shape index (κ3) is 4.06. The molecule has 2 aromatic rings. The lowest BCUT2D eigenvalue weighted by Crippen LogP contribution is -2.47. The fraction of sp³-hybridized carbons (Fsp3) is 0.520. The molecule has 5 rings (SSSR count). The van der Waals surface area contributed by atoms with Crippen molar-refractivity contribution in [1.29, 1.82) is 0 Å². The van der Waals surface area contributed by atoms with Crippen LogP contribution in [0.25, 0.3) is 10.8 Å². The Morgan fingerprint density at radius 2 is 1.81 bits per heavy atom. The zero-order valence-electron chi connectivity index (χ0n) is 18.6. The first-order valence-corrected chi connectivity index (χ1v) is 11.6. The Hall–Kier alpha value is -2.44. The van der Waals surface area contributed by atoms with Crippen LogP contribution >= 0.6 is 0 Å². The standard InChI is InChI=1S/C25H32N4O2/c1-3-27-7-9-28(10-8-27)11-12-31-24-16-20-14-22-23(15-19(20)13-18(24)2)26-17-21-5-4-6-29(21)25(22)30/h13-17,21H,3-12H2,1-2H3/t21-/m0/s1. The topological polar surface area (TPSA) is 48.4 Å². The highest BCUT2D eigenvalue weighted by Crippen LogP contribution is 2.34. The maximum Gasteiger partial charge on any atom is 0.256 e. The molecule has 1 atom stereocenters. The van der Waals surface area contributed by atoms with Gasteiger partial charge in [0.15, 0.2) is 0 Å². The number of carbonyl (C=O) groups excluding carboxylic acids is 1. The number of ether oxygens (including phenoxy) is 1. The zero-order valence-corrected chi connectivity index (χ0v) is 18.6. The summed E-state index contributed by atoms with van der Waals surface area (Å²) in [5.74, 6) is 1.01. The monoisotopic (exact) mass is 420 g/mol. The predicted molar refractivity (Wildman–Crippen MR) is 125 cm³/mol. The van der Waals surface area contributed by atoms with Gasteiger partial charge in [-0.1, -0.05) is 6.92 Å². The average Bonchev–Trinajstić information content (AvgIpc) is 3.22. The van der Waals surface area contributed by atoms with Crippen molar-refractivity contribution < 1.29 is 9.53 Å². The second-order valence-corrected chi connectivity index (χ2v) is 8.94. The molecule has 0 saturated carbocycles. The van der Waals surface area contributed by atoms with E-state index in [2.05, 4.69) is 40.8 Å². The number of hydrogen-bond acceptors (Lipinski definition) is 5. The number of fused-ring (bicyclic) bond motifs is 3. The van der Waals surface area contributed by atoms with E-state index in [-0.39, 0.29) is 11.9 Å². The van der Waals surface area contributed by atoms with Crippen molar-refractivity contribution >= 4 is 28.6 Å². The molecule has 0 bridgehead atoms. The summed E-state index contributed by atoms with van der Waals surface area (Å²) in [7, 11) is 0. The average molecular weight is 421 g/mol.